The van der Waals surface area contributed by atoms with Gasteiger partial charge in [-0.2, -0.15) is 0 Å². The molecule has 0 aliphatic rings. The predicted octanol–water partition coefficient (Wildman–Crippen LogP) is -6.14. The predicted molar refractivity (Wildman–Crippen MR) is 18.6 cm³/mol. The smallest absolute Gasteiger partial charge is 0.0172 e. The normalized spacial score (nSPS) is 5.33. The van der Waals surface area contributed by atoms with Crippen LogP contribution in [-0.4, -0.2) is 45.6 Å². The quantitative estimate of drug-likeness (QED) is 0.396. The maximum absolute atomic E-state index is 8.52. The summed E-state index contributed by atoms with van der Waals surface area (Å²) in [6.45, 7) is 0. The SMILES string of the molecule is O=[Si]([O-])[O-].O=[Si]([O-])[O-].[Pb]. The van der Waals surface area contributed by atoms with Crippen molar-refractivity contribution in [3.8, 4) is 0 Å². The fraction of sp³-hybridized carbons (Fsp3) is 0. The zero-order chi connectivity index (χ0) is 7.15. The van der Waals surface area contributed by atoms with Crippen molar-refractivity contribution in [3.05, 3.63) is 0 Å². The molecular formula is O6PbSi2-4. The van der Waals surface area contributed by atoms with Crippen molar-refractivity contribution in [2.45, 2.75) is 0 Å². The molecule has 0 rings (SSSR count). The van der Waals surface area contributed by atoms with Crippen molar-refractivity contribution in [2.24, 2.45) is 0 Å². The van der Waals surface area contributed by atoms with E-state index in [0.717, 1.165) is 0 Å². The molecule has 0 aliphatic carbocycles. The zero-order valence-corrected chi connectivity index (χ0v) is 9.84. The molecule has 0 aromatic heterocycles. The molecule has 0 heterocycles. The number of rotatable bonds is 0. The van der Waals surface area contributed by atoms with Gasteiger partial charge in [0.25, 0.3) is 0 Å². The van der Waals surface area contributed by atoms with Crippen molar-refractivity contribution in [3.63, 3.8) is 0 Å². The maximum Gasteiger partial charge on any atom is 0.0172 e. The van der Waals surface area contributed by atoms with Crippen molar-refractivity contribution in [1.29, 1.82) is 0 Å². The van der Waals surface area contributed by atoms with E-state index in [1.165, 1.54) is 0 Å². The molecule has 0 spiro atoms. The van der Waals surface area contributed by atoms with E-state index in [1.54, 1.807) is 0 Å². The first-order valence-electron chi connectivity index (χ1n) is 1.22. The van der Waals surface area contributed by atoms with Gasteiger partial charge in [-0.25, -0.2) is 0 Å². The van der Waals surface area contributed by atoms with Gasteiger partial charge in [0.1, 0.15) is 0 Å². The van der Waals surface area contributed by atoms with Gasteiger partial charge in [-0.15, -0.1) is 0 Å². The van der Waals surface area contributed by atoms with Crippen LogP contribution in [0, 0.1) is 0 Å². The molecule has 6 nitrogen and oxygen atoms in total. The van der Waals surface area contributed by atoms with Gasteiger partial charge in [-0.05, 0) is 0 Å². The monoisotopic (exact) mass is 360 g/mol. The molecule has 0 aromatic carbocycles. The molecule has 9 heavy (non-hydrogen) atoms. The van der Waals surface area contributed by atoms with Crippen LogP contribution in [0.5, 0.6) is 0 Å². The Morgan fingerprint density at radius 3 is 0.778 bits per heavy atom. The Morgan fingerprint density at radius 2 is 0.778 bits per heavy atom. The van der Waals surface area contributed by atoms with E-state index in [9.17, 15) is 0 Å². The van der Waals surface area contributed by atoms with Crippen molar-refractivity contribution in [1.82, 2.24) is 0 Å². The molecule has 0 amide bonds. The third kappa shape index (κ3) is 12700. The number of hydrogen-bond acceptors (Lipinski definition) is 6. The molecule has 0 aromatic rings. The van der Waals surface area contributed by atoms with Gasteiger partial charge in [-0.1, -0.05) is 0 Å². The molecule has 9 heteroatoms. The van der Waals surface area contributed by atoms with Crippen molar-refractivity contribution >= 4 is 45.6 Å². The van der Waals surface area contributed by atoms with Gasteiger partial charge in [-0.3, -0.25) is 0 Å². The van der Waals surface area contributed by atoms with E-state index in [1.807, 2.05) is 0 Å². The largest absolute Gasteiger partial charge is 0.672 e. The molecule has 0 atom stereocenters. The Labute approximate surface area is 73.7 Å². The summed E-state index contributed by atoms with van der Waals surface area (Å²) in [4.78, 5) is 34.1. The minimum Gasteiger partial charge on any atom is -0.672 e. The summed E-state index contributed by atoms with van der Waals surface area (Å²) in [5.41, 5.74) is 0. The van der Waals surface area contributed by atoms with Gasteiger partial charge >= 0.3 is 0 Å². The van der Waals surface area contributed by atoms with Gasteiger partial charge in [0, 0.05) is 45.6 Å². The molecule has 0 N–H and O–H groups in total. The summed E-state index contributed by atoms with van der Waals surface area (Å²) in [7, 11) is -7.26. The van der Waals surface area contributed by atoms with Crippen LogP contribution in [0.3, 0.4) is 0 Å². The maximum atomic E-state index is 8.52. The summed E-state index contributed by atoms with van der Waals surface area (Å²) >= 11 is 0. The molecular weight excluding hydrogens is 359 g/mol. The molecule has 0 aliphatic heterocycles. The third-order valence-corrected chi connectivity index (χ3v) is 0. The van der Waals surface area contributed by atoms with Crippen LogP contribution < -0.4 is 19.2 Å². The summed E-state index contributed by atoms with van der Waals surface area (Å²) in [6, 6.07) is 0. The van der Waals surface area contributed by atoms with Gasteiger partial charge in [0.2, 0.25) is 0 Å². The van der Waals surface area contributed by atoms with Crippen molar-refractivity contribution in [2.75, 3.05) is 0 Å². The molecule has 0 bridgehead atoms. The average Bonchev–Trinajstić information content (AvgIpc) is 1.25. The fourth-order valence-electron chi connectivity index (χ4n) is 0. The Kier molecular flexibility index (Phi) is 19.7. The molecule has 0 saturated heterocycles. The third-order valence-electron chi connectivity index (χ3n) is 0. The van der Waals surface area contributed by atoms with E-state index < -0.39 is 18.3 Å². The fourth-order valence-corrected chi connectivity index (χ4v) is 0. The van der Waals surface area contributed by atoms with E-state index >= 15 is 0 Å². The minimum atomic E-state index is -3.63. The summed E-state index contributed by atoms with van der Waals surface area (Å²) in [5.74, 6) is 0. The first-order valence-corrected chi connectivity index (χ1v) is 3.67. The van der Waals surface area contributed by atoms with Crippen LogP contribution in [0.2, 0.25) is 0 Å². The number of hydrogen-bond donors (Lipinski definition) is 0. The van der Waals surface area contributed by atoms with E-state index in [2.05, 4.69) is 0 Å². The first-order chi connectivity index (χ1) is 3.46. The second-order valence-electron chi connectivity index (χ2n) is 0.500. The van der Waals surface area contributed by atoms with Crippen LogP contribution in [0.1, 0.15) is 0 Å². The van der Waals surface area contributed by atoms with E-state index in [4.69, 9.17) is 28.1 Å². The van der Waals surface area contributed by atoms with Crippen LogP contribution >= 0.6 is 0 Å². The van der Waals surface area contributed by atoms with Crippen LogP contribution in [0.4, 0.5) is 0 Å². The van der Waals surface area contributed by atoms with Crippen LogP contribution in [0.25, 0.3) is 0 Å². The van der Waals surface area contributed by atoms with E-state index in [0.29, 0.717) is 0 Å². The molecule has 4 radical (unpaired) electrons. The second-order valence-corrected chi connectivity index (χ2v) is 1.50. The first kappa shape index (κ1) is 16.1. The topological polar surface area (TPSA) is 126 Å². The van der Waals surface area contributed by atoms with Crippen molar-refractivity contribution < 1.29 is 28.1 Å². The molecule has 0 fully saturated rings. The van der Waals surface area contributed by atoms with Gasteiger partial charge in [0.15, 0.2) is 0 Å². The zero-order valence-electron chi connectivity index (χ0n) is 3.95. The molecule has 52 valence electrons. The Balaban J connectivity index is -0.0000000720. The summed E-state index contributed by atoms with van der Waals surface area (Å²) < 4.78 is 17.0. The average molecular weight is 359 g/mol. The van der Waals surface area contributed by atoms with Gasteiger partial charge in [0.05, 0.1) is 0 Å². The summed E-state index contributed by atoms with van der Waals surface area (Å²) in [6.07, 6.45) is 0. The second kappa shape index (κ2) is 11.0. The molecule has 0 saturated carbocycles. The van der Waals surface area contributed by atoms with E-state index in [-0.39, 0.29) is 27.3 Å². The Morgan fingerprint density at radius 1 is 0.778 bits per heavy atom. The van der Waals surface area contributed by atoms with Crippen LogP contribution in [0.15, 0.2) is 0 Å². The summed E-state index contributed by atoms with van der Waals surface area (Å²) in [5, 5.41) is 0. The Bertz CT molecular complexity index is 69.1. The Hall–Kier alpha value is 0.156. The molecule has 0 unspecified atom stereocenters. The minimum absolute atomic E-state index is 0. The van der Waals surface area contributed by atoms with Crippen LogP contribution in [-0.2, 0) is 8.92 Å². The standard InChI is InChI=1S/2O3Si.Pb/c2*1-4(2)3;/q2*-2;. The van der Waals surface area contributed by atoms with Gasteiger partial charge < -0.3 is 28.1 Å².